The number of rotatable bonds is 55. The second-order valence-corrected chi connectivity index (χ2v) is 21.3. The number of carboxylic acid groups (broad SMARTS) is 1. The number of allylic oxidation sites excluding steroid dienone is 12. The summed E-state index contributed by atoms with van der Waals surface area (Å²) < 4.78 is 22.7. The largest absolute Gasteiger partial charge is 0.545 e. The van der Waals surface area contributed by atoms with Gasteiger partial charge in [-0.25, -0.2) is 0 Å². The minimum atomic E-state index is -1.63. The van der Waals surface area contributed by atoms with Crippen LogP contribution < -0.4 is 5.11 Å². The molecule has 0 aliphatic carbocycles. The van der Waals surface area contributed by atoms with Crippen LogP contribution in [-0.4, -0.2) is 82.3 Å². The minimum Gasteiger partial charge on any atom is -0.545 e. The number of carbonyl (C=O) groups excluding carboxylic acids is 3. The third-order valence-electron chi connectivity index (χ3n) is 12.9. The zero-order valence-electron chi connectivity index (χ0n) is 48.0. The summed E-state index contributed by atoms with van der Waals surface area (Å²) >= 11 is 0. The van der Waals surface area contributed by atoms with E-state index in [9.17, 15) is 19.5 Å². The van der Waals surface area contributed by atoms with Gasteiger partial charge in [0.1, 0.15) is 13.2 Å². The van der Waals surface area contributed by atoms with E-state index in [1.165, 1.54) is 141 Å². The first-order chi connectivity index (χ1) is 35.6. The van der Waals surface area contributed by atoms with Crippen LogP contribution in [-0.2, 0) is 33.3 Å². The molecular weight excluding hydrogens is 911 g/mol. The van der Waals surface area contributed by atoms with Crippen LogP contribution in [0.5, 0.6) is 0 Å². The summed E-state index contributed by atoms with van der Waals surface area (Å²) in [5.74, 6) is -2.30. The van der Waals surface area contributed by atoms with Crippen LogP contribution in [0.25, 0.3) is 0 Å². The fourth-order valence-electron chi connectivity index (χ4n) is 8.26. The third kappa shape index (κ3) is 56.3. The van der Waals surface area contributed by atoms with E-state index in [-0.39, 0.29) is 38.6 Å². The van der Waals surface area contributed by atoms with Gasteiger partial charge in [-0.2, -0.15) is 0 Å². The number of unbranched alkanes of at least 4 members (excludes halogenated alkanes) is 28. The van der Waals surface area contributed by atoms with Crippen molar-refractivity contribution in [2.75, 3.05) is 47.5 Å². The van der Waals surface area contributed by atoms with Gasteiger partial charge in [-0.05, 0) is 89.9 Å². The maximum absolute atomic E-state index is 12.9. The highest BCUT2D eigenvalue weighted by Gasteiger charge is 2.22. The van der Waals surface area contributed by atoms with Crippen molar-refractivity contribution in [3.8, 4) is 0 Å². The molecule has 0 bridgehead atoms. The van der Waals surface area contributed by atoms with Gasteiger partial charge in [0, 0.05) is 12.8 Å². The first-order valence-corrected chi connectivity index (χ1v) is 30.1. The lowest BCUT2D eigenvalue weighted by Crippen LogP contribution is -2.44. The molecule has 0 rings (SSSR count). The van der Waals surface area contributed by atoms with Crippen molar-refractivity contribution in [1.82, 2.24) is 0 Å². The van der Waals surface area contributed by atoms with Gasteiger partial charge < -0.3 is 33.3 Å². The van der Waals surface area contributed by atoms with Crippen LogP contribution >= 0.6 is 0 Å². The van der Waals surface area contributed by atoms with E-state index < -0.39 is 24.3 Å². The molecule has 0 heterocycles. The van der Waals surface area contributed by atoms with E-state index in [4.69, 9.17) is 18.9 Å². The Balaban J connectivity index is 4.27. The van der Waals surface area contributed by atoms with Crippen molar-refractivity contribution < 1.29 is 42.9 Å². The highest BCUT2D eigenvalue weighted by molar-refractivity contribution is 5.70. The maximum Gasteiger partial charge on any atom is 0.306 e. The Bertz CT molecular complexity index is 1420. The number of hydrogen-bond donors (Lipinski definition) is 0. The fourth-order valence-corrected chi connectivity index (χ4v) is 8.26. The number of carbonyl (C=O) groups is 3. The van der Waals surface area contributed by atoms with E-state index in [2.05, 4.69) is 86.8 Å². The zero-order valence-corrected chi connectivity index (χ0v) is 48.0. The molecule has 0 saturated heterocycles. The maximum atomic E-state index is 12.9. The molecule has 0 amide bonds. The van der Waals surface area contributed by atoms with Crippen LogP contribution in [0.3, 0.4) is 0 Å². The van der Waals surface area contributed by atoms with Crippen molar-refractivity contribution in [3.05, 3.63) is 72.9 Å². The summed E-state index contributed by atoms with van der Waals surface area (Å²) in [4.78, 5) is 37.3. The van der Waals surface area contributed by atoms with Gasteiger partial charge in [0.25, 0.3) is 0 Å². The molecular formula is C64H113NO8. The van der Waals surface area contributed by atoms with Gasteiger partial charge in [0.15, 0.2) is 12.4 Å². The molecule has 9 heteroatoms. The zero-order chi connectivity index (χ0) is 53.4. The van der Waals surface area contributed by atoms with Gasteiger partial charge in [-0.3, -0.25) is 9.59 Å². The summed E-state index contributed by atoms with van der Waals surface area (Å²) in [6.07, 6.45) is 68.0. The monoisotopic (exact) mass is 1020 g/mol. The molecule has 2 unspecified atom stereocenters. The van der Waals surface area contributed by atoms with Crippen LogP contribution in [0, 0.1) is 0 Å². The lowest BCUT2D eigenvalue weighted by Gasteiger charge is -2.26. The van der Waals surface area contributed by atoms with Crippen LogP contribution in [0.15, 0.2) is 72.9 Å². The Labute approximate surface area is 449 Å². The summed E-state index contributed by atoms with van der Waals surface area (Å²) in [6.45, 7) is 4.72. The number of likely N-dealkylation sites (N-methyl/N-ethyl adjacent to an activating group) is 1. The quantitative estimate of drug-likeness (QED) is 0.0195. The molecule has 422 valence electrons. The predicted molar refractivity (Wildman–Crippen MR) is 306 cm³/mol. The number of carboxylic acids is 1. The Morgan fingerprint density at radius 2 is 0.740 bits per heavy atom. The summed E-state index contributed by atoms with van der Waals surface area (Å²) in [7, 11) is 5.92. The van der Waals surface area contributed by atoms with Gasteiger partial charge in [-0.15, -0.1) is 0 Å². The van der Waals surface area contributed by atoms with Crippen LogP contribution in [0.4, 0.5) is 0 Å². The second-order valence-electron chi connectivity index (χ2n) is 21.3. The van der Waals surface area contributed by atoms with Gasteiger partial charge in [-0.1, -0.05) is 228 Å². The van der Waals surface area contributed by atoms with E-state index >= 15 is 0 Å². The average molecular weight is 1020 g/mol. The molecule has 0 aromatic rings. The Morgan fingerprint density at radius 3 is 1.10 bits per heavy atom. The number of nitrogens with zero attached hydrogens (tertiary/aromatic N) is 1. The first-order valence-electron chi connectivity index (χ1n) is 30.1. The molecule has 0 radical (unpaired) electrons. The van der Waals surface area contributed by atoms with E-state index in [0.717, 1.165) is 83.5 Å². The smallest absolute Gasteiger partial charge is 0.306 e. The van der Waals surface area contributed by atoms with Crippen molar-refractivity contribution in [3.63, 3.8) is 0 Å². The molecule has 0 saturated carbocycles. The Morgan fingerprint density at radius 1 is 0.411 bits per heavy atom. The van der Waals surface area contributed by atoms with Crippen molar-refractivity contribution in [1.29, 1.82) is 0 Å². The van der Waals surface area contributed by atoms with Crippen molar-refractivity contribution in [2.24, 2.45) is 0 Å². The number of aliphatic carboxylic acids is 1. The highest BCUT2D eigenvalue weighted by Crippen LogP contribution is 2.15. The van der Waals surface area contributed by atoms with Gasteiger partial charge in [0.05, 0.1) is 40.3 Å². The van der Waals surface area contributed by atoms with Crippen molar-refractivity contribution >= 4 is 17.9 Å². The molecule has 0 N–H and O–H groups in total. The lowest BCUT2D eigenvalue weighted by atomic mass is 10.0. The van der Waals surface area contributed by atoms with E-state index in [0.29, 0.717) is 17.4 Å². The summed E-state index contributed by atoms with van der Waals surface area (Å²) in [5.41, 5.74) is 0. The number of ether oxygens (including phenoxy) is 4. The number of hydrogen-bond acceptors (Lipinski definition) is 8. The van der Waals surface area contributed by atoms with Crippen LogP contribution in [0.1, 0.15) is 258 Å². The molecule has 2 atom stereocenters. The molecule has 73 heavy (non-hydrogen) atoms. The van der Waals surface area contributed by atoms with Crippen molar-refractivity contribution in [2.45, 2.75) is 270 Å². The molecule has 0 aliphatic heterocycles. The number of esters is 2. The first kappa shape index (κ1) is 69.7. The van der Waals surface area contributed by atoms with Gasteiger partial charge in [0.2, 0.25) is 0 Å². The Kier molecular flexibility index (Phi) is 52.5. The van der Waals surface area contributed by atoms with E-state index in [1.807, 2.05) is 21.1 Å². The van der Waals surface area contributed by atoms with E-state index in [1.54, 1.807) is 0 Å². The standard InChI is InChI=1S/C64H113NO8/c1-6-8-10-12-14-16-18-20-22-24-26-28-30-31-33-35-37-39-41-43-45-47-49-51-53-55-62(67)73-60(59-72-64(63(68)69)70-57-56-65(3,4)5)58-71-61(66)54-52-50-48-46-44-42-40-38-36-34-32-29-27-25-23-21-19-17-15-13-11-9-7-2/h18-21,24-27,30-32,34,60,64H,6-17,22-23,28-29,33,35-59H2,1-5H3/b20-18-,21-19-,26-24-,27-25-,31-30-,34-32-. The summed E-state index contributed by atoms with van der Waals surface area (Å²) in [6, 6.07) is 0. The fraction of sp³-hybridized carbons (Fsp3) is 0.766. The molecule has 0 fully saturated rings. The topological polar surface area (TPSA) is 111 Å². The predicted octanol–water partition coefficient (Wildman–Crippen LogP) is 16.5. The molecule has 0 aromatic carbocycles. The summed E-state index contributed by atoms with van der Waals surface area (Å²) in [5, 5.41) is 11.8. The second kappa shape index (κ2) is 55.0. The molecule has 9 nitrogen and oxygen atoms in total. The third-order valence-corrected chi connectivity index (χ3v) is 12.9. The Hall–Kier alpha value is -3.27. The molecule has 0 spiro atoms. The SMILES string of the molecule is CCCCCCC/C=C\C/C=C\C/C=C\CCCCCCCCCCCCC(=O)OC(COC(=O)CCCCCCCCCC/C=C\C/C=C\C/C=C\CCCCCCC)COC(OCC[N+](C)(C)C)C(=O)[O-]. The normalized spacial score (nSPS) is 13.3. The minimum absolute atomic E-state index is 0.143. The lowest BCUT2D eigenvalue weighted by molar-refractivity contribution is -0.870. The van der Waals surface area contributed by atoms with Gasteiger partial charge >= 0.3 is 11.9 Å². The molecule has 0 aliphatic rings. The van der Waals surface area contributed by atoms with Crippen LogP contribution in [0.2, 0.25) is 0 Å². The highest BCUT2D eigenvalue weighted by atomic mass is 16.7. The number of quaternary nitrogens is 1. The average Bonchev–Trinajstić information content (AvgIpc) is 3.36. The molecule has 0 aromatic heterocycles.